The lowest BCUT2D eigenvalue weighted by Crippen LogP contribution is -2.47. The molecule has 1 aliphatic carbocycles. The van der Waals surface area contributed by atoms with Gasteiger partial charge in [0, 0.05) is 11.6 Å². The average Bonchev–Trinajstić information content (AvgIpc) is 3.06. The van der Waals surface area contributed by atoms with Crippen LogP contribution in [0.25, 0.3) is 0 Å². The Kier molecular flexibility index (Phi) is 4.74. The minimum Gasteiger partial charge on any atom is -0.329 e. The van der Waals surface area contributed by atoms with Gasteiger partial charge >= 0.3 is 6.03 Å². The van der Waals surface area contributed by atoms with Gasteiger partial charge in [0.15, 0.2) is 5.78 Å². The highest BCUT2D eigenvalue weighted by atomic mass is 16.2. The Morgan fingerprint density at radius 1 is 0.885 bits per heavy atom. The molecule has 4 rings (SSSR count). The van der Waals surface area contributed by atoms with Gasteiger partial charge in [-0.25, -0.2) is 4.79 Å². The number of amides is 2. The minimum atomic E-state index is -0.490. The second-order valence-corrected chi connectivity index (χ2v) is 7.21. The normalized spacial score (nSPS) is 23.7. The van der Waals surface area contributed by atoms with E-state index in [4.69, 9.17) is 0 Å². The SMILES string of the molecule is O=C(c1ccccc1)C1C(c2ccccc2)NC(=O)N1C1CCCCC1. The van der Waals surface area contributed by atoms with Crippen LogP contribution in [-0.4, -0.2) is 28.8 Å². The molecule has 0 bridgehead atoms. The number of benzene rings is 2. The van der Waals surface area contributed by atoms with Gasteiger partial charge < -0.3 is 10.2 Å². The van der Waals surface area contributed by atoms with Crippen LogP contribution in [0.5, 0.6) is 0 Å². The summed E-state index contributed by atoms with van der Waals surface area (Å²) in [7, 11) is 0. The maximum absolute atomic E-state index is 13.4. The molecular weight excluding hydrogens is 324 g/mol. The van der Waals surface area contributed by atoms with Crippen molar-refractivity contribution in [2.24, 2.45) is 0 Å². The van der Waals surface area contributed by atoms with Gasteiger partial charge in [0.25, 0.3) is 0 Å². The molecule has 1 aliphatic heterocycles. The first kappa shape index (κ1) is 16.8. The minimum absolute atomic E-state index is 0.0170. The molecule has 0 radical (unpaired) electrons. The van der Waals surface area contributed by atoms with E-state index < -0.39 is 6.04 Å². The smallest absolute Gasteiger partial charge is 0.318 e. The molecule has 2 aromatic carbocycles. The Labute approximate surface area is 154 Å². The fourth-order valence-electron chi connectivity index (χ4n) is 4.30. The Hall–Kier alpha value is -2.62. The number of urea groups is 1. The maximum Gasteiger partial charge on any atom is 0.318 e. The Bertz CT molecular complexity index is 769. The van der Waals surface area contributed by atoms with Crippen LogP contribution in [0.4, 0.5) is 4.79 Å². The highest BCUT2D eigenvalue weighted by Crippen LogP contribution is 2.35. The van der Waals surface area contributed by atoms with E-state index in [0.29, 0.717) is 5.56 Å². The van der Waals surface area contributed by atoms with Crippen molar-refractivity contribution >= 4 is 11.8 Å². The summed E-state index contributed by atoms with van der Waals surface area (Å²) in [5.74, 6) is 0.0170. The first-order chi connectivity index (χ1) is 12.8. The summed E-state index contributed by atoms with van der Waals surface area (Å²) in [6.07, 6.45) is 5.42. The predicted octanol–water partition coefficient (Wildman–Crippen LogP) is 4.34. The van der Waals surface area contributed by atoms with Crippen molar-refractivity contribution in [3.05, 3.63) is 71.8 Å². The summed E-state index contributed by atoms with van der Waals surface area (Å²) in [5.41, 5.74) is 1.64. The zero-order valence-corrected chi connectivity index (χ0v) is 14.8. The molecule has 26 heavy (non-hydrogen) atoms. The van der Waals surface area contributed by atoms with E-state index in [1.165, 1.54) is 6.42 Å². The molecule has 2 aromatic rings. The fourth-order valence-corrected chi connectivity index (χ4v) is 4.30. The van der Waals surface area contributed by atoms with Crippen LogP contribution < -0.4 is 5.32 Å². The lowest BCUT2D eigenvalue weighted by molar-refractivity contribution is 0.0801. The third-order valence-corrected chi connectivity index (χ3v) is 5.58. The Morgan fingerprint density at radius 2 is 1.50 bits per heavy atom. The van der Waals surface area contributed by atoms with Crippen LogP contribution in [0.1, 0.15) is 54.1 Å². The molecule has 1 saturated carbocycles. The van der Waals surface area contributed by atoms with Crippen molar-refractivity contribution in [1.82, 2.24) is 10.2 Å². The molecule has 2 atom stereocenters. The molecule has 2 unspecified atom stereocenters. The van der Waals surface area contributed by atoms with E-state index >= 15 is 0 Å². The molecule has 4 heteroatoms. The third-order valence-electron chi connectivity index (χ3n) is 5.58. The Morgan fingerprint density at radius 3 is 2.15 bits per heavy atom. The van der Waals surface area contributed by atoms with Crippen molar-refractivity contribution in [1.29, 1.82) is 0 Å². The summed E-state index contributed by atoms with van der Waals surface area (Å²) in [6.45, 7) is 0. The predicted molar refractivity (Wildman–Crippen MR) is 101 cm³/mol. The van der Waals surface area contributed by atoms with E-state index in [1.54, 1.807) is 0 Å². The van der Waals surface area contributed by atoms with Crippen LogP contribution in [0.15, 0.2) is 60.7 Å². The quantitative estimate of drug-likeness (QED) is 0.836. The van der Waals surface area contributed by atoms with Crippen LogP contribution in [-0.2, 0) is 0 Å². The van der Waals surface area contributed by atoms with Gasteiger partial charge in [-0.15, -0.1) is 0 Å². The van der Waals surface area contributed by atoms with E-state index in [-0.39, 0.29) is 23.9 Å². The van der Waals surface area contributed by atoms with E-state index in [1.807, 2.05) is 65.6 Å². The lowest BCUT2D eigenvalue weighted by Gasteiger charge is -2.35. The molecule has 134 valence electrons. The molecule has 2 amide bonds. The monoisotopic (exact) mass is 348 g/mol. The first-order valence-corrected chi connectivity index (χ1v) is 9.49. The van der Waals surface area contributed by atoms with E-state index in [0.717, 1.165) is 31.2 Å². The molecule has 2 fully saturated rings. The van der Waals surface area contributed by atoms with Crippen LogP contribution >= 0.6 is 0 Å². The summed E-state index contributed by atoms with van der Waals surface area (Å²) in [6, 6.07) is 18.4. The average molecular weight is 348 g/mol. The van der Waals surface area contributed by atoms with E-state index in [2.05, 4.69) is 5.32 Å². The van der Waals surface area contributed by atoms with Gasteiger partial charge in [0.2, 0.25) is 0 Å². The fraction of sp³-hybridized carbons (Fsp3) is 0.364. The summed E-state index contributed by atoms with van der Waals surface area (Å²) in [4.78, 5) is 28.1. The summed E-state index contributed by atoms with van der Waals surface area (Å²) in [5, 5.41) is 3.08. The lowest BCUT2D eigenvalue weighted by atomic mass is 9.89. The Balaban J connectivity index is 1.72. The van der Waals surface area contributed by atoms with E-state index in [9.17, 15) is 9.59 Å². The largest absolute Gasteiger partial charge is 0.329 e. The first-order valence-electron chi connectivity index (χ1n) is 9.49. The summed E-state index contributed by atoms with van der Waals surface area (Å²) < 4.78 is 0. The maximum atomic E-state index is 13.4. The van der Waals surface area contributed by atoms with Gasteiger partial charge in [0.05, 0.1) is 6.04 Å². The van der Waals surface area contributed by atoms with Crippen molar-refractivity contribution in [2.75, 3.05) is 0 Å². The number of carbonyl (C=O) groups excluding carboxylic acids is 2. The highest BCUT2D eigenvalue weighted by molar-refractivity contribution is 6.04. The highest BCUT2D eigenvalue weighted by Gasteiger charge is 2.47. The topological polar surface area (TPSA) is 49.4 Å². The van der Waals surface area contributed by atoms with Crippen molar-refractivity contribution in [2.45, 2.75) is 50.2 Å². The molecule has 1 N–H and O–H groups in total. The number of nitrogens with one attached hydrogen (secondary N) is 1. The molecule has 1 saturated heterocycles. The number of Topliss-reactive ketones (excluding diaryl/α,β-unsaturated/α-hetero) is 1. The van der Waals surface area contributed by atoms with Crippen LogP contribution in [0.2, 0.25) is 0 Å². The van der Waals surface area contributed by atoms with Gasteiger partial charge in [-0.2, -0.15) is 0 Å². The molecular formula is C22H24N2O2. The van der Waals surface area contributed by atoms with Gasteiger partial charge in [-0.3, -0.25) is 4.79 Å². The molecule has 2 aliphatic rings. The second-order valence-electron chi connectivity index (χ2n) is 7.21. The molecule has 0 spiro atoms. The number of hydrogen-bond donors (Lipinski definition) is 1. The standard InChI is InChI=1S/C22H24N2O2/c25-21(17-12-6-2-7-13-17)20-19(16-10-4-1-5-11-16)23-22(26)24(20)18-14-8-3-9-15-18/h1-2,4-7,10-13,18-20H,3,8-9,14-15H2,(H,23,26). The van der Waals surface area contributed by atoms with Crippen LogP contribution in [0.3, 0.4) is 0 Å². The number of hydrogen-bond acceptors (Lipinski definition) is 2. The number of ketones is 1. The zero-order valence-electron chi connectivity index (χ0n) is 14.8. The molecule has 1 heterocycles. The van der Waals surface area contributed by atoms with Gasteiger partial charge in [-0.1, -0.05) is 79.9 Å². The van der Waals surface area contributed by atoms with Crippen molar-refractivity contribution in [3.8, 4) is 0 Å². The summed E-state index contributed by atoms with van der Waals surface area (Å²) >= 11 is 0. The number of nitrogens with zero attached hydrogens (tertiary/aromatic N) is 1. The van der Waals surface area contributed by atoms with Crippen LogP contribution in [0, 0.1) is 0 Å². The van der Waals surface area contributed by atoms with Crippen molar-refractivity contribution < 1.29 is 9.59 Å². The number of carbonyl (C=O) groups is 2. The van der Waals surface area contributed by atoms with Gasteiger partial charge in [-0.05, 0) is 18.4 Å². The molecule has 4 nitrogen and oxygen atoms in total. The molecule has 0 aromatic heterocycles. The number of rotatable bonds is 4. The zero-order chi connectivity index (χ0) is 17.9. The second kappa shape index (κ2) is 7.32. The van der Waals surface area contributed by atoms with Gasteiger partial charge in [0.1, 0.15) is 6.04 Å². The van der Waals surface area contributed by atoms with Crippen molar-refractivity contribution in [3.63, 3.8) is 0 Å². The third kappa shape index (κ3) is 3.12.